The number of hydrogen-bond acceptors (Lipinski definition) is 20. The fourth-order valence-corrected chi connectivity index (χ4v) is 8.95. The van der Waals surface area contributed by atoms with E-state index < -0.39 is 96.3 Å². The zero-order chi connectivity index (χ0) is 52.7. The second-order valence-corrected chi connectivity index (χ2v) is 21.0. The number of nitrogen functional groups attached to an aromatic ring is 1. The van der Waals surface area contributed by atoms with Crippen LogP contribution in [-0.4, -0.2) is 161 Å². The number of aromatic amines is 1. The minimum absolute atomic E-state index is 0.000812. The lowest BCUT2D eigenvalue weighted by Crippen LogP contribution is -2.57. The fraction of sp³-hybridized carbons (Fsp3) is 0.524. The van der Waals surface area contributed by atoms with Crippen molar-refractivity contribution in [2.45, 2.75) is 95.5 Å². The number of nitrogens with one attached hydrogen (secondary N) is 7. The number of aromatic nitrogens is 6. The summed E-state index contributed by atoms with van der Waals surface area (Å²) in [7, 11) is 0.295. The van der Waals surface area contributed by atoms with Crippen molar-refractivity contribution in [3.63, 3.8) is 0 Å². The molecule has 4 aromatic heterocycles. The standard InChI is InChI=1S/C42H62N16O10S3/c1-18-29(55-36(58-34(18)45)23(12-27(44)60)50-13-22(43)35(46)63)40(67)57-31(33(62)24-14-47-17-51-24)41(68)52-20(3)32(61)19(2)37(64)56-30(21(4)59)39(66)49-10-8-28-53-26(16-69-28)42-54-25(15-70-42)38(65)48-9-7-11-71(5)6/h14-17,19-23,30-33,50,59,61-62H,7-13,43H2,1-6H3,(H11-,44,45,46,47,48,49,51,52,55,56,57,58,60,63,64,65,66,67,68)/p+1/t19-,20?,21+,22-,23-,30-,31-,32?,33-/m0/s1. The molecule has 0 fully saturated rings. The number of primary amides is 2. The lowest BCUT2D eigenvalue weighted by Gasteiger charge is -2.30. The molecule has 0 spiro atoms. The molecule has 388 valence electrons. The van der Waals surface area contributed by atoms with Gasteiger partial charge in [-0.1, -0.05) is 6.92 Å². The van der Waals surface area contributed by atoms with Crippen LogP contribution in [0.5, 0.6) is 0 Å². The number of thiazole rings is 2. The third kappa shape index (κ3) is 16.7. The Bertz CT molecular complexity index is 2470. The maximum Gasteiger partial charge on any atom is 0.271 e. The first-order chi connectivity index (χ1) is 33.5. The molecule has 0 aliphatic rings. The van der Waals surface area contributed by atoms with E-state index in [9.17, 15) is 48.9 Å². The predicted octanol–water partition coefficient (Wildman–Crippen LogP) is -3.45. The molecular formula is C42H63N16O10S3+. The minimum atomic E-state index is -1.81. The van der Waals surface area contributed by atoms with Crippen molar-refractivity contribution < 1.29 is 48.9 Å². The van der Waals surface area contributed by atoms with Gasteiger partial charge >= 0.3 is 0 Å². The van der Waals surface area contributed by atoms with Crippen molar-refractivity contribution in [2.24, 2.45) is 23.1 Å². The summed E-state index contributed by atoms with van der Waals surface area (Å²) in [6.45, 7) is 5.80. The van der Waals surface area contributed by atoms with Gasteiger partial charge < -0.3 is 75.1 Å². The second kappa shape index (κ2) is 26.8. The maximum atomic E-state index is 13.9. The quantitative estimate of drug-likeness (QED) is 0.0194. The van der Waals surface area contributed by atoms with Crippen molar-refractivity contribution in [2.75, 3.05) is 43.6 Å². The van der Waals surface area contributed by atoms with E-state index in [1.54, 1.807) is 10.8 Å². The first-order valence-corrected chi connectivity index (χ1v) is 26.1. The number of aliphatic hydroxyl groups excluding tert-OH is 3. The van der Waals surface area contributed by atoms with Crippen LogP contribution in [0.15, 0.2) is 23.3 Å². The van der Waals surface area contributed by atoms with Gasteiger partial charge in [-0.3, -0.25) is 33.6 Å². The molecule has 71 heavy (non-hydrogen) atoms. The van der Waals surface area contributed by atoms with Crippen LogP contribution in [0.1, 0.15) is 88.8 Å². The van der Waals surface area contributed by atoms with Crippen LogP contribution < -0.4 is 54.8 Å². The molecule has 4 aromatic rings. The Morgan fingerprint density at radius 1 is 0.845 bits per heavy atom. The Balaban J connectivity index is 1.38. The molecule has 0 aliphatic carbocycles. The summed E-state index contributed by atoms with van der Waals surface area (Å²) in [6.07, 6.45) is 2.70. The van der Waals surface area contributed by atoms with Gasteiger partial charge in [0.25, 0.3) is 11.8 Å². The molecule has 26 nitrogen and oxygen atoms in total. The third-order valence-corrected chi connectivity index (χ3v) is 13.7. The van der Waals surface area contributed by atoms with E-state index in [1.807, 2.05) is 0 Å². The number of rotatable bonds is 28. The van der Waals surface area contributed by atoms with Crippen LogP contribution >= 0.6 is 22.7 Å². The monoisotopic (exact) mass is 1050 g/mol. The molecule has 0 radical (unpaired) electrons. The van der Waals surface area contributed by atoms with Gasteiger partial charge in [-0.25, -0.2) is 24.9 Å². The summed E-state index contributed by atoms with van der Waals surface area (Å²) in [5, 5.41) is 53.5. The van der Waals surface area contributed by atoms with Crippen molar-refractivity contribution in [1.29, 1.82) is 0 Å². The first kappa shape index (κ1) is 57.4. The summed E-state index contributed by atoms with van der Waals surface area (Å²) in [5.41, 5.74) is 23.1. The topological polar surface area (TPSA) is 437 Å². The van der Waals surface area contributed by atoms with E-state index in [0.29, 0.717) is 45.3 Å². The SMILES string of the molecule is Cc1c(N)nc([C@H](CC(N)=O)NC[C@H](N)C(N)=O)nc1C(=O)N[C@H](C(=O)NC(C)C(O)[C@H](C)C(=O)N[C@H](C(=O)NCCc1nc(-c2nc(C(=O)NCCC[S+](C)C)cs2)cs1)[C@@H](C)O)[C@@H](O)c1cnc[nH]1. The molecule has 7 amide bonds. The zero-order valence-corrected chi connectivity index (χ0v) is 42.4. The van der Waals surface area contributed by atoms with Gasteiger partial charge in [-0.15, -0.1) is 22.7 Å². The Labute approximate surface area is 419 Å². The van der Waals surface area contributed by atoms with Gasteiger partial charge in [0.1, 0.15) is 57.7 Å². The maximum absolute atomic E-state index is 13.9. The molecule has 9 atom stereocenters. The Morgan fingerprint density at radius 3 is 2.20 bits per heavy atom. The van der Waals surface area contributed by atoms with Crippen molar-refractivity contribution in [3.05, 3.63) is 56.8 Å². The summed E-state index contributed by atoms with van der Waals surface area (Å²) in [6, 6.07) is -6.77. The van der Waals surface area contributed by atoms with E-state index >= 15 is 0 Å². The van der Waals surface area contributed by atoms with E-state index in [1.165, 1.54) is 62.9 Å². The lowest BCUT2D eigenvalue weighted by atomic mass is 9.96. The van der Waals surface area contributed by atoms with Gasteiger partial charge in [0.15, 0.2) is 0 Å². The number of amides is 7. The highest BCUT2D eigenvalue weighted by molar-refractivity contribution is 7.95. The van der Waals surface area contributed by atoms with Gasteiger partial charge in [0.2, 0.25) is 29.5 Å². The van der Waals surface area contributed by atoms with E-state index in [0.717, 1.165) is 12.2 Å². The molecule has 0 bridgehead atoms. The van der Waals surface area contributed by atoms with Gasteiger partial charge in [-0.2, -0.15) is 0 Å². The van der Waals surface area contributed by atoms with Gasteiger partial charge in [-0.05, 0) is 31.7 Å². The number of aliphatic hydroxyl groups is 3. The normalized spacial score (nSPS) is 15.3. The summed E-state index contributed by atoms with van der Waals surface area (Å²) in [4.78, 5) is 115. The fourth-order valence-electron chi connectivity index (χ4n) is 6.61. The highest BCUT2D eigenvalue weighted by Gasteiger charge is 2.37. The average molecular weight is 1050 g/mol. The summed E-state index contributed by atoms with van der Waals surface area (Å²) >= 11 is 2.62. The molecule has 0 saturated carbocycles. The smallest absolute Gasteiger partial charge is 0.271 e. The van der Waals surface area contributed by atoms with E-state index in [4.69, 9.17) is 22.9 Å². The van der Waals surface area contributed by atoms with Crippen LogP contribution in [0.3, 0.4) is 0 Å². The number of anilines is 1. The minimum Gasteiger partial charge on any atom is -0.391 e. The number of nitrogens with zero attached hydrogens (tertiary/aromatic N) is 5. The molecule has 18 N–H and O–H groups in total. The highest BCUT2D eigenvalue weighted by atomic mass is 32.2. The highest BCUT2D eigenvalue weighted by Crippen LogP contribution is 2.26. The van der Waals surface area contributed by atoms with Crippen molar-refractivity contribution >= 4 is 80.7 Å². The second-order valence-electron chi connectivity index (χ2n) is 16.8. The predicted molar refractivity (Wildman–Crippen MR) is 265 cm³/mol. The van der Waals surface area contributed by atoms with Crippen LogP contribution in [0, 0.1) is 12.8 Å². The molecule has 4 rings (SSSR count). The number of carbonyl (C=O) groups excluding carboxylic acids is 7. The molecule has 29 heteroatoms. The third-order valence-electron chi connectivity index (χ3n) is 10.8. The van der Waals surface area contributed by atoms with Crippen LogP contribution in [-0.2, 0) is 41.3 Å². The largest absolute Gasteiger partial charge is 0.391 e. The Morgan fingerprint density at radius 2 is 1.56 bits per heavy atom. The zero-order valence-electron chi connectivity index (χ0n) is 39.9. The Hall–Kier alpha value is -6.21. The molecule has 0 saturated heterocycles. The van der Waals surface area contributed by atoms with Gasteiger partial charge in [0.05, 0.1) is 72.0 Å². The summed E-state index contributed by atoms with van der Waals surface area (Å²) in [5.74, 6) is -6.24. The molecule has 0 aromatic carbocycles. The Kier molecular flexibility index (Phi) is 21.7. The van der Waals surface area contributed by atoms with Crippen molar-refractivity contribution in [3.8, 4) is 10.7 Å². The number of nitrogens with two attached hydrogens (primary N) is 4. The molecule has 0 aliphatic heterocycles. The van der Waals surface area contributed by atoms with Gasteiger partial charge in [0, 0.05) is 55.2 Å². The van der Waals surface area contributed by atoms with E-state index in [-0.39, 0.29) is 47.6 Å². The number of carbonyl (C=O) groups is 7. The van der Waals surface area contributed by atoms with Crippen LogP contribution in [0.25, 0.3) is 10.7 Å². The number of hydrogen-bond donors (Lipinski definition) is 14. The van der Waals surface area contributed by atoms with Crippen molar-refractivity contribution in [1.82, 2.24) is 61.8 Å². The van der Waals surface area contributed by atoms with E-state index in [2.05, 4.69) is 74.3 Å². The molecular weight excluding hydrogens is 985 g/mol. The molecule has 2 unspecified atom stereocenters. The van der Waals surface area contributed by atoms with Crippen LogP contribution in [0.2, 0.25) is 0 Å². The first-order valence-electron chi connectivity index (χ1n) is 22.1. The van der Waals surface area contributed by atoms with Crippen LogP contribution in [0.4, 0.5) is 5.82 Å². The number of imidazole rings is 1. The average Bonchev–Trinajstić information content (AvgIpc) is 4.13. The lowest BCUT2D eigenvalue weighted by molar-refractivity contribution is -0.136. The number of H-pyrrole nitrogens is 1. The molecule has 4 heterocycles. The summed E-state index contributed by atoms with van der Waals surface area (Å²) < 4.78 is 0.